The molecule has 0 aliphatic heterocycles. The first-order chi connectivity index (χ1) is 12.1. The SMILES string of the molecule is CCCNC(=O)CSc1nnc(SCC(=O)N(C)C2CCCCC2)s1. The molecule has 0 saturated heterocycles. The van der Waals surface area contributed by atoms with Gasteiger partial charge in [0.15, 0.2) is 8.68 Å². The maximum absolute atomic E-state index is 12.3. The predicted molar refractivity (Wildman–Crippen MR) is 104 cm³/mol. The number of amides is 2. The minimum atomic E-state index is 0.0144. The van der Waals surface area contributed by atoms with Crippen molar-refractivity contribution in [1.29, 1.82) is 0 Å². The summed E-state index contributed by atoms with van der Waals surface area (Å²) in [7, 11) is 1.91. The number of carbonyl (C=O) groups excluding carboxylic acids is 2. The molecule has 1 aromatic heterocycles. The number of thioether (sulfide) groups is 2. The van der Waals surface area contributed by atoms with Gasteiger partial charge in [0, 0.05) is 19.6 Å². The van der Waals surface area contributed by atoms with Gasteiger partial charge in [-0.15, -0.1) is 10.2 Å². The van der Waals surface area contributed by atoms with Gasteiger partial charge in [0.05, 0.1) is 11.5 Å². The quantitative estimate of drug-likeness (QED) is 0.640. The van der Waals surface area contributed by atoms with Crippen molar-refractivity contribution in [2.75, 3.05) is 25.1 Å². The maximum atomic E-state index is 12.3. The van der Waals surface area contributed by atoms with Gasteiger partial charge >= 0.3 is 0 Å². The van der Waals surface area contributed by atoms with E-state index < -0.39 is 0 Å². The van der Waals surface area contributed by atoms with Crippen molar-refractivity contribution >= 4 is 46.7 Å². The Morgan fingerprint density at radius 1 is 1.16 bits per heavy atom. The molecule has 1 aliphatic carbocycles. The van der Waals surface area contributed by atoms with Gasteiger partial charge < -0.3 is 10.2 Å². The molecule has 1 aromatic rings. The van der Waals surface area contributed by atoms with E-state index in [0.29, 0.717) is 24.1 Å². The maximum Gasteiger partial charge on any atom is 0.233 e. The van der Waals surface area contributed by atoms with Crippen molar-refractivity contribution in [1.82, 2.24) is 20.4 Å². The number of hydrogen-bond acceptors (Lipinski definition) is 7. The molecule has 0 spiro atoms. The first-order valence-electron chi connectivity index (χ1n) is 8.71. The highest BCUT2D eigenvalue weighted by atomic mass is 32.2. The highest BCUT2D eigenvalue weighted by molar-refractivity contribution is 8.03. The normalized spacial score (nSPS) is 15.1. The molecule has 1 aliphatic rings. The van der Waals surface area contributed by atoms with Crippen LogP contribution in [0.3, 0.4) is 0 Å². The molecule has 2 rings (SSSR count). The van der Waals surface area contributed by atoms with E-state index >= 15 is 0 Å². The first-order valence-corrected chi connectivity index (χ1v) is 11.5. The first kappa shape index (κ1) is 20.5. The average Bonchev–Trinajstić information content (AvgIpc) is 3.10. The van der Waals surface area contributed by atoms with Gasteiger partial charge in [-0.3, -0.25) is 9.59 Å². The molecule has 140 valence electrons. The molecule has 2 amide bonds. The summed E-state index contributed by atoms with van der Waals surface area (Å²) < 4.78 is 1.55. The largest absolute Gasteiger partial charge is 0.355 e. The molecule has 25 heavy (non-hydrogen) atoms. The van der Waals surface area contributed by atoms with Crippen LogP contribution in [-0.4, -0.2) is 58.1 Å². The Kier molecular flexibility index (Phi) is 9.05. The Morgan fingerprint density at radius 3 is 2.44 bits per heavy atom. The zero-order valence-electron chi connectivity index (χ0n) is 14.8. The monoisotopic (exact) mass is 402 g/mol. The number of rotatable bonds is 9. The Balaban J connectivity index is 1.71. The molecule has 1 N–H and O–H groups in total. The highest BCUT2D eigenvalue weighted by Crippen LogP contribution is 2.29. The standard InChI is InChI=1S/C16H26N4O2S3/c1-3-9-17-13(21)10-23-15-18-19-16(25-15)24-11-14(22)20(2)12-7-5-4-6-8-12/h12H,3-11H2,1-2H3,(H,17,21). The van der Waals surface area contributed by atoms with Gasteiger partial charge in [-0.1, -0.05) is 61.0 Å². The molecule has 0 unspecified atom stereocenters. The lowest BCUT2D eigenvalue weighted by Gasteiger charge is -2.31. The molecule has 0 aromatic carbocycles. The lowest BCUT2D eigenvalue weighted by atomic mass is 9.94. The molecule has 0 bridgehead atoms. The van der Waals surface area contributed by atoms with Crippen molar-refractivity contribution < 1.29 is 9.59 Å². The van der Waals surface area contributed by atoms with Crippen LogP contribution in [0.5, 0.6) is 0 Å². The van der Waals surface area contributed by atoms with E-state index in [2.05, 4.69) is 15.5 Å². The van der Waals surface area contributed by atoms with Crippen LogP contribution in [0.1, 0.15) is 45.4 Å². The van der Waals surface area contributed by atoms with E-state index in [1.54, 1.807) is 0 Å². The highest BCUT2D eigenvalue weighted by Gasteiger charge is 2.22. The van der Waals surface area contributed by atoms with Gasteiger partial charge in [0.25, 0.3) is 0 Å². The number of nitrogens with zero attached hydrogens (tertiary/aromatic N) is 3. The van der Waals surface area contributed by atoms with Crippen LogP contribution in [0.4, 0.5) is 0 Å². The smallest absolute Gasteiger partial charge is 0.233 e. The Labute approximate surface area is 161 Å². The molecule has 0 atom stereocenters. The zero-order chi connectivity index (χ0) is 18.1. The average molecular weight is 403 g/mol. The van der Waals surface area contributed by atoms with Crippen molar-refractivity contribution in [3.05, 3.63) is 0 Å². The van der Waals surface area contributed by atoms with Crippen LogP contribution in [0.25, 0.3) is 0 Å². The van der Waals surface area contributed by atoms with Crippen molar-refractivity contribution in [2.24, 2.45) is 0 Å². The van der Waals surface area contributed by atoms with Gasteiger partial charge in [-0.05, 0) is 19.3 Å². The van der Waals surface area contributed by atoms with Crippen LogP contribution >= 0.6 is 34.9 Å². The van der Waals surface area contributed by atoms with E-state index in [-0.39, 0.29) is 11.8 Å². The summed E-state index contributed by atoms with van der Waals surface area (Å²) in [5.74, 6) is 0.909. The summed E-state index contributed by atoms with van der Waals surface area (Å²) in [6, 6.07) is 0.393. The second-order valence-electron chi connectivity index (χ2n) is 6.06. The molecule has 1 heterocycles. The van der Waals surface area contributed by atoms with Gasteiger partial charge in [-0.2, -0.15) is 0 Å². The number of aromatic nitrogens is 2. The number of hydrogen-bond donors (Lipinski definition) is 1. The second-order valence-corrected chi connectivity index (χ2v) is 9.48. The third-order valence-corrected chi connectivity index (χ3v) is 7.30. The molecule has 1 fully saturated rings. The van der Waals surface area contributed by atoms with Crippen LogP contribution in [-0.2, 0) is 9.59 Å². The van der Waals surface area contributed by atoms with Gasteiger partial charge in [-0.25, -0.2) is 0 Å². The van der Waals surface area contributed by atoms with Crippen molar-refractivity contribution in [3.63, 3.8) is 0 Å². The minimum Gasteiger partial charge on any atom is -0.355 e. The van der Waals surface area contributed by atoms with Gasteiger partial charge in [0.2, 0.25) is 11.8 Å². The third-order valence-electron chi connectivity index (χ3n) is 4.12. The van der Waals surface area contributed by atoms with Crippen LogP contribution in [0.15, 0.2) is 8.68 Å². The number of carbonyl (C=O) groups is 2. The summed E-state index contributed by atoms with van der Waals surface area (Å²) in [6.45, 7) is 2.72. The summed E-state index contributed by atoms with van der Waals surface area (Å²) in [5, 5.41) is 11.0. The Hall–Kier alpha value is -0.800. The fraction of sp³-hybridized carbons (Fsp3) is 0.750. The van der Waals surface area contributed by atoms with E-state index in [9.17, 15) is 9.59 Å². The molecular weight excluding hydrogens is 376 g/mol. The Bertz CT molecular complexity index is 561. The zero-order valence-corrected chi connectivity index (χ0v) is 17.3. The molecular formula is C16H26N4O2S3. The van der Waals surface area contributed by atoms with Gasteiger partial charge in [0.1, 0.15) is 0 Å². The summed E-state index contributed by atoms with van der Waals surface area (Å²) >= 11 is 4.26. The van der Waals surface area contributed by atoms with Crippen molar-refractivity contribution in [2.45, 2.75) is 60.2 Å². The van der Waals surface area contributed by atoms with E-state index in [1.807, 2.05) is 18.9 Å². The lowest BCUT2D eigenvalue weighted by molar-refractivity contribution is -0.129. The van der Waals surface area contributed by atoms with E-state index in [0.717, 1.165) is 27.9 Å². The molecule has 6 nitrogen and oxygen atoms in total. The van der Waals surface area contributed by atoms with Crippen LogP contribution in [0.2, 0.25) is 0 Å². The minimum absolute atomic E-state index is 0.0144. The summed E-state index contributed by atoms with van der Waals surface area (Å²) in [4.78, 5) is 25.8. The second kappa shape index (κ2) is 11.0. The van der Waals surface area contributed by atoms with E-state index in [4.69, 9.17) is 0 Å². The van der Waals surface area contributed by atoms with Crippen LogP contribution in [0, 0.1) is 0 Å². The molecule has 1 saturated carbocycles. The van der Waals surface area contributed by atoms with Crippen molar-refractivity contribution in [3.8, 4) is 0 Å². The molecule has 0 radical (unpaired) electrons. The lowest BCUT2D eigenvalue weighted by Crippen LogP contribution is -2.39. The summed E-state index contributed by atoms with van der Waals surface area (Å²) in [5.41, 5.74) is 0. The van der Waals surface area contributed by atoms with E-state index in [1.165, 1.54) is 54.1 Å². The third kappa shape index (κ3) is 7.15. The predicted octanol–water partition coefficient (Wildman–Crippen LogP) is 3.04. The fourth-order valence-electron chi connectivity index (χ4n) is 2.65. The topological polar surface area (TPSA) is 75.2 Å². The number of nitrogens with one attached hydrogen (secondary N) is 1. The molecule has 9 heteroatoms. The fourth-order valence-corrected chi connectivity index (χ4v) is 5.43. The van der Waals surface area contributed by atoms with Crippen LogP contribution < -0.4 is 5.32 Å². The Morgan fingerprint density at radius 2 is 1.80 bits per heavy atom. The summed E-state index contributed by atoms with van der Waals surface area (Å²) in [6.07, 6.45) is 6.89.